The lowest BCUT2D eigenvalue weighted by atomic mass is 9.82. The molecule has 2 aliphatic heterocycles. The van der Waals surface area contributed by atoms with E-state index < -0.39 is 24.3 Å². The number of likely N-dealkylation sites (tertiary alicyclic amines) is 1. The van der Waals surface area contributed by atoms with E-state index >= 15 is 0 Å². The monoisotopic (exact) mass is 539 g/mol. The van der Waals surface area contributed by atoms with Gasteiger partial charge in [-0.15, -0.1) is 0 Å². The number of aliphatic carboxylic acids is 2. The molecule has 2 aromatic rings. The second kappa shape index (κ2) is 12.1. The summed E-state index contributed by atoms with van der Waals surface area (Å²) in [5, 5.41) is 17.5. The van der Waals surface area contributed by atoms with Gasteiger partial charge in [0.2, 0.25) is 5.91 Å². The topological polar surface area (TPSA) is 133 Å². The second-order valence-corrected chi connectivity index (χ2v) is 8.32. The van der Waals surface area contributed by atoms with Crippen LogP contribution in [0.3, 0.4) is 0 Å². The van der Waals surface area contributed by atoms with Crippen LogP contribution in [0.1, 0.15) is 36.3 Å². The van der Waals surface area contributed by atoms with Gasteiger partial charge in [0.15, 0.2) is 0 Å². The van der Waals surface area contributed by atoms with Crippen LogP contribution in [-0.2, 0) is 20.9 Å². The first-order chi connectivity index (χ1) is 17.1. The predicted octanol–water partition coefficient (Wildman–Crippen LogP) is 3.58. The van der Waals surface area contributed by atoms with E-state index in [9.17, 15) is 31.1 Å². The molecular formula is C22H23F6N3O6. The highest BCUT2D eigenvalue weighted by atomic mass is 19.4. The number of aromatic nitrogens is 1. The Bertz CT molecular complexity index is 1010. The van der Waals surface area contributed by atoms with Crippen molar-refractivity contribution in [1.29, 1.82) is 0 Å². The molecule has 2 aliphatic rings. The fourth-order valence-corrected chi connectivity index (χ4v) is 3.86. The molecular weight excluding hydrogens is 516 g/mol. The van der Waals surface area contributed by atoms with Crippen LogP contribution in [0.2, 0.25) is 0 Å². The number of pyridine rings is 1. The zero-order valence-electron chi connectivity index (χ0n) is 19.1. The Morgan fingerprint density at radius 2 is 1.54 bits per heavy atom. The van der Waals surface area contributed by atoms with Gasteiger partial charge < -0.3 is 19.9 Å². The maximum absolute atomic E-state index is 12.4. The molecule has 4 rings (SSSR count). The summed E-state index contributed by atoms with van der Waals surface area (Å²) in [6, 6.07) is 5.93. The van der Waals surface area contributed by atoms with Crippen molar-refractivity contribution in [2.24, 2.45) is 0 Å². The molecule has 0 aliphatic carbocycles. The number of alkyl halides is 6. The van der Waals surface area contributed by atoms with Gasteiger partial charge in [-0.25, -0.2) is 9.59 Å². The molecule has 2 aromatic heterocycles. The van der Waals surface area contributed by atoms with Crippen molar-refractivity contribution >= 4 is 17.8 Å². The minimum absolute atomic E-state index is 0.0292. The number of piperidine rings is 1. The summed E-state index contributed by atoms with van der Waals surface area (Å²) in [5.41, 5.74) is 2.26. The maximum Gasteiger partial charge on any atom is 0.490 e. The van der Waals surface area contributed by atoms with Crippen molar-refractivity contribution in [3.63, 3.8) is 0 Å². The molecule has 9 nitrogen and oxygen atoms in total. The van der Waals surface area contributed by atoms with Crippen LogP contribution in [0.15, 0.2) is 47.5 Å². The summed E-state index contributed by atoms with van der Waals surface area (Å²) in [6.45, 7) is 2.94. The molecule has 15 heteroatoms. The van der Waals surface area contributed by atoms with Gasteiger partial charge in [-0.1, -0.05) is 0 Å². The maximum atomic E-state index is 12.4. The zero-order valence-corrected chi connectivity index (χ0v) is 19.1. The van der Waals surface area contributed by atoms with Crippen LogP contribution in [0.5, 0.6) is 0 Å². The number of carboxylic acid groups (broad SMARTS) is 2. The van der Waals surface area contributed by atoms with Gasteiger partial charge in [0.05, 0.1) is 18.4 Å². The SMILES string of the molecule is O=C(O)C(F)(F)F.O=C(O)C(F)(F)F.O=C1NC2(CCN(Cc3ccoc3)CC2)CC1c1ccncc1. The molecule has 1 spiro atoms. The number of rotatable bonds is 3. The molecule has 2 saturated heterocycles. The molecule has 2 fully saturated rings. The average molecular weight is 539 g/mol. The third-order valence-corrected chi connectivity index (χ3v) is 5.69. The lowest BCUT2D eigenvalue weighted by molar-refractivity contribution is -0.193. The molecule has 0 bridgehead atoms. The molecule has 204 valence electrons. The van der Waals surface area contributed by atoms with Crippen molar-refractivity contribution < 1.29 is 55.4 Å². The van der Waals surface area contributed by atoms with E-state index in [1.165, 1.54) is 5.56 Å². The van der Waals surface area contributed by atoms with Gasteiger partial charge in [-0.2, -0.15) is 26.3 Å². The Hall–Kier alpha value is -3.62. The van der Waals surface area contributed by atoms with Gasteiger partial charge in [0, 0.05) is 43.1 Å². The van der Waals surface area contributed by atoms with Gasteiger partial charge in [-0.3, -0.25) is 14.7 Å². The highest BCUT2D eigenvalue weighted by molar-refractivity contribution is 5.87. The Morgan fingerprint density at radius 1 is 1.03 bits per heavy atom. The number of halogens is 6. The van der Waals surface area contributed by atoms with Crippen LogP contribution in [0, 0.1) is 0 Å². The quantitative estimate of drug-likeness (QED) is 0.505. The van der Waals surface area contributed by atoms with Crippen molar-refractivity contribution in [2.45, 2.75) is 49.6 Å². The molecule has 1 amide bonds. The van der Waals surface area contributed by atoms with Crippen LogP contribution < -0.4 is 5.32 Å². The van der Waals surface area contributed by atoms with E-state index in [1.54, 1.807) is 24.9 Å². The summed E-state index contributed by atoms with van der Waals surface area (Å²) < 4.78 is 68.6. The second-order valence-electron chi connectivity index (χ2n) is 8.32. The van der Waals surface area contributed by atoms with E-state index in [2.05, 4.69) is 15.2 Å². The number of furan rings is 1. The van der Waals surface area contributed by atoms with Gasteiger partial charge >= 0.3 is 24.3 Å². The fraction of sp³-hybridized carbons (Fsp3) is 0.455. The lowest BCUT2D eigenvalue weighted by Crippen LogP contribution is -2.50. The minimum atomic E-state index is -5.08. The number of hydrogen-bond donors (Lipinski definition) is 3. The van der Waals surface area contributed by atoms with E-state index in [-0.39, 0.29) is 17.4 Å². The number of carbonyl (C=O) groups is 3. The molecule has 0 radical (unpaired) electrons. The zero-order chi connectivity index (χ0) is 27.9. The molecule has 37 heavy (non-hydrogen) atoms. The highest BCUT2D eigenvalue weighted by Crippen LogP contribution is 2.39. The van der Waals surface area contributed by atoms with Gasteiger partial charge in [-0.05, 0) is 43.0 Å². The smallest absolute Gasteiger partial charge is 0.475 e. The summed E-state index contributed by atoms with van der Waals surface area (Å²) in [5.74, 6) is -5.38. The summed E-state index contributed by atoms with van der Waals surface area (Å²) >= 11 is 0. The van der Waals surface area contributed by atoms with E-state index in [0.29, 0.717) is 0 Å². The molecule has 1 unspecified atom stereocenters. The number of hydrogen-bond acceptors (Lipinski definition) is 6. The number of nitrogens with zero attached hydrogens (tertiary/aromatic N) is 2. The van der Waals surface area contributed by atoms with Gasteiger partial charge in [0.25, 0.3) is 0 Å². The summed E-state index contributed by atoms with van der Waals surface area (Å²) in [4.78, 5) is 36.7. The largest absolute Gasteiger partial charge is 0.490 e. The lowest BCUT2D eigenvalue weighted by Gasteiger charge is -2.39. The van der Waals surface area contributed by atoms with Crippen molar-refractivity contribution in [2.75, 3.05) is 13.1 Å². The molecule has 4 heterocycles. The average Bonchev–Trinajstić information content (AvgIpc) is 3.43. The first kappa shape index (κ1) is 29.6. The number of amides is 1. The standard InChI is InChI=1S/C18H21N3O2.2C2HF3O2/c22-17-16(15-1-6-19-7-2-15)11-18(20-17)4-8-21(9-5-18)12-14-3-10-23-13-14;2*3-2(4,5)1(6)7/h1-3,6-7,10,13,16H,4-5,8-9,11-12H2,(H,20,22);2*(H,6,7). The Labute approximate surface area is 206 Å². The van der Waals surface area contributed by atoms with Crippen LogP contribution >= 0.6 is 0 Å². The Kier molecular flexibility index (Phi) is 9.67. The van der Waals surface area contributed by atoms with E-state index in [0.717, 1.165) is 44.5 Å². The third kappa shape index (κ3) is 9.08. The first-order valence-corrected chi connectivity index (χ1v) is 10.7. The molecule has 0 saturated carbocycles. The fourth-order valence-electron chi connectivity index (χ4n) is 3.86. The van der Waals surface area contributed by atoms with Crippen molar-refractivity contribution in [3.05, 3.63) is 54.2 Å². The van der Waals surface area contributed by atoms with Gasteiger partial charge in [0.1, 0.15) is 0 Å². The molecule has 3 N–H and O–H groups in total. The predicted molar refractivity (Wildman–Crippen MR) is 113 cm³/mol. The number of carboxylic acids is 2. The summed E-state index contributed by atoms with van der Waals surface area (Å²) in [6.07, 6.45) is -0.188. The minimum Gasteiger partial charge on any atom is -0.475 e. The van der Waals surface area contributed by atoms with Crippen LogP contribution in [-0.4, -0.2) is 68.9 Å². The first-order valence-electron chi connectivity index (χ1n) is 10.7. The van der Waals surface area contributed by atoms with Crippen molar-refractivity contribution in [3.8, 4) is 0 Å². The Balaban J connectivity index is 0.000000286. The Morgan fingerprint density at radius 3 is 1.97 bits per heavy atom. The third-order valence-electron chi connectivity index (χ3n) is 5.69. The molecule has 1 atom stereocenters. The van der Waals surface area contributed by atoms with E-state index in [4.69, 9.17) is 24.2 Å². The number of nitrogens with one attached hydrogen (secondary N) is 1. The normalized spacial score (nSPS) is 19.2. The van der Waals surface area contributed by atoms with Crippen molar-refractivity contribution in [1.82, 2.24) is 15.2 Å². The van der Waals surface area contributed by atoms with E-state index in [1.807, 2.05) is 18.2 Å². The summed E-state index contributed by atoms with van der Waals surface area (Å²) in [7, 11) is 0. The van der Waals surface area contributed by atoms with Crippen LogP contribution in [0.4, 0.5) is 26.3 Å². The number of carbonyl (C=O) groups excluding carboxylic acids is 1. The van der Waals surface area contributed by atoms with Crippen LogP contribution in [0.25, 0.3) is 0 Å². The highest BCUT2D eigenvalue weighted by Gasteiger charge is 2.46. The molecule has 0 aromatic carbocycles.